The number of fused-ring (bicyclic) bond motifs is 1. The molecule has 0 bridgehead atoms. The van der Waals surface area contributed by atoms with E-state index in [1.807, 2.05) is 25.4 Å². The van der Waals surface area contributed by atoms with Gasteiger partial charge in [0.05, 0.1) is 12.9 Å². The quantitative estimate of drug-likeness (QED) is 0.727. The predicted octanol–water partition coefficient (Wildman–Crippen LogP) is 3.55. The van der Waals surface area contributed by atoms with Crippen LogP contribution in [0.4, 0.5) is 0 Å². The van der Waals surface area contributed by atoms with Crippen molar-refractivity contribution in [3.63, 3.8) is 0 Å². The molecule has 16 heavy (non-hydrogen) atoms. The van der Waals surface area contributed by atoms with Gasteiger partial charge < -0.3 is 4.74 Å². The Morgan fingerprint density at radius 2 is 2.19 bits per heavy atom. The van der Waals surface area contributed by atoms with Crippen LogP contribution in [0.15, 0.2) is 36.9 Å². The molecule has 0 spiro atoms. The van der Waals surface area contributed by atoms with Gasteiger partial charge in [-0.1, -0.05) is 12.1 Å². The largest absolute Gasteiger partial charge is 0.501 e. The van der Waals surface area contributed by atoms with Gasteiger partial charge in [0, 0.05) is 17.8 Å². The third-order valence-electron chi connectivity index (χ3n) is 2.51. The van der Waals surface area contributed by atoms with Crippen LogP contribution >= 0.6 is 0 Å². The van der Waals surface area contributed by atoms with Crippen molar-refractivity contribution in [2.24, 2.45) is 0 Å². The molecule has 0 aliphatic heterocycles. The van der Waals surface area contributed by atoms with Crippen molar-refractivity contribution in [1.29, 1.82) is 0 Å². The Kier molecular flexibility index (Phi) is 3.20. The number of hydrogen-bond acceptors (Lipinski definition) is 2. The van der Waals surface area contributed by atoms with Gasteiger partial charge in [0.25, 0.3) is 0 Å². The summed E-state index contributed by atoms with van der Waals surface area (Å²) in [7, 11) is 0. The Bertz CT molecular complexity index is 517. The van der Waals surface area contributed by atoms with Crippen molar-refractivity contribution in [3.8, 4) is 0 Å². The highest BCUT2D eigenvalue weighted by molar-refractivity contribution is 5.86. The highest BCUT2D eigenvalue weighted by Crippen LogP contribution is 2.19. The first kappa shape index (κ1) is 10.7. The summed E-state index contributed by atoms with van der Waals surface area (Å²) in [4.78, 5) is 4.17. The molecular weight excluding hydrogens is 198 g/mol. The Morgan fingerprint density at radius 3 is 3.00 bits per heavy atom. The van der Waals surface area contributed by atoms with E-state index in [2.05, 4.69) is 30.1 Å². The lowest BCUT2D eigenvalue weighted by Crippen LogP contribution is -1.83. The molecule has 1 heterocycles. The first-order chi connectivity index (χ1) is 7.81. The van der Waals surface area contributed by atoms with Crippen LogP contribution in [0.5, 0.6) is 0 Å². The van der Waals surface area contributed by atoms with Gasteiger partial charge in [0.15, 0.2) is 0 Å². The zero-order valence-corrected chi connectivity index (χ0v) is 9.60. The van der Waals surface area contributed by atoms with E-state index in [0.29, 0.717) is 6.61 Å². The molecule has 0 amide bonds. The number of benzene rings is 1. The summed E-state index contributed by atoms with van der Waals surface area (Å²) in [5.74, 6) is 0. The minimum absolute atomic E-state index is 0.701. The third-order valence-corrected chi connectivity index (χ3v) is 2.51. The highest BCUT2D eigenvalue weighted by atomic mass is 16.5. The van der Waals surface area contributed by atoms with Crippen LogP contribution in [0.2, 0.25) is 0 Å². The Labute approximate surface area is 95.6 Å². The van der Waals surface area contributed by atoms with E-state index >= 15 is 0 Å². The monoisotopic (exact) mass is 213 g/mol. The minimum atomic E-state index is 0.701. The lowest BCUT2D eigenvalue weighted by Gasteiger charge is -2.02. The maximum Gasteiger partial charge on any atom is 0.0845 e. The highest BCUT2D eigenvalue weighted by Gasteiger charge is 1.97. The van der Waals surface area contributed by atoms with Gasteiger partial charge in [-0.05, 0) is 42.5 Å². The van der Waals surface area contributed by atoms with Crippen molar-refractivity contribution in [1.82, 2.24) is 4.98 Å². The van der Waals surface area contributed by atoms with E-state index in [0.717, 1.165) is 5.56 Å². The molecule has 0 atom stereocenters. The molecule has 82 valence electrons. The van der Waals surface area contributed by atoms with Crippen molar-refractivity contribution in [2.75, 3.05) is 6.61 Å². The molecule has 2 rings (SSSR count). The average molecular weight is 213 g/mol. The standard InChI is InChI=1S/C14H15NO/c1-3-16-7-6-12-4-5-13-10-15-9-11(2)14(13)8-12/h4-10H,3H2,1-2H3. The smallest absolute Gasteiger partial charge is 0.0845 e. The van der Waals surface area contributed by atoms with E-state index in [1.165, 1.54) is 16.3 Å². The molecule has 0 radical (unpaired) electrons. The van der Waals surface area contributed by atoms with Crippen LogP contribution in [0.3, 0.4) is 0 Å². The molecule has 0 aliphatic carbocycles. The van der Waals surface area contributed by atoms with E-state index < -0.39 is 0 Å². The lowest BCUT2D eigenvalue weighted by atomic mass is 10.1. The fourth-order valence-electron chi connectivity index (χ4n) is 1.65. The van der Waals surface area contributed by atoms with Gasteiger partial charge in [-0.2, -0.15) is 0 Å². The van der Waals surface area contributed by atoms with Gasteiger partial charge in [-0.3, -0.25) is 4.98 Å². The summed E-state index contributed by atoms with van der Waals surface area (Å²) in [6.07, 6.45) is 7.48. The second kappa shape index (κ2) is 4.79. The Morgan fingerprint density at radius 1 is 1.31 bits per heavy atom. The summed E-state index contributed by atoms with van der Waals surface area (Å²) in [5, 5.41) is 2.42. The Balaban J connectivity index is 2.39. The zero-order valence-electron chi connectivity index (χ0n) is 9.60. The molecule has 0 saturated heterocycles. The number of aryl methyl sites for hydroxylation is 1. The number of nitrogens with zero attached hydrogens (tertiary/aromatic N) is 1. The van der Waals surface area contributed by atoms with Crippen molar-refractivity contribution in [2.45, 2.75) is 13.8 Å². The fourth-order valence-corrected chi connectivity index (χ4v) is 1.65. The van der Waals surface area contributed by atoms with Gasteiger partial charge in [-0.25, -0.2) is 0 Å². The molecule has 0 unspecified atom stereocenters. The minimum Gasteiger partial charge on any atom is -0.501 e. The molecule has 2 nitrogen and oxygen atoms in total. The summed E-state index contributed by atoms with van der Waals surface area (Å²) < 4.78 is 5.19. The number of hydrogen-bond donors (Lipinski definition) is 0. The molecule has 0 aliphatic rings. The summed E-state index contributed by atoms with van der Waals surface area (Å²) in [6, 6.07) is 6.31. The summed E-state index contributed by atoms with van der Waals surface area (Å²) >= 11 is 0. The molecule has 2 heteroatoms. The number of pyridine rings is 1. The molecule has 0 saturated carbocycles. The molecule has 2 aromatic rings. The zero-order chi connectivity index (χ0) is 11.4. The number of aromatic nitrogens is 1. The topological polar surface area (TPSA) is 22.1 Å². The van der Waals surface area contributed by atoms with Gasteiger partial charge >= 0.3 is 0 Å². The molecule has 0 fully saturated rings. The molecule has 1 aromatic carbocycles. The average Bonchev–Trinajstić information content (AvgIpc) is 2.30. The van der Waals surface area contributed by atoms with E-state index in [9.17, 15) is 0 Å². The summed E-state index contributed by atoms with van der Waals surface area (Å²) in [5.41, 5.74) is 2.35. The van der Waals surface area contributed by atoms with Crippen LogP contribution in [-0.4, -0.2) is 11.6 Å². The van der Waals surface area contributed by atoms with E-state index in [4.69, 9.17) is 4.74 Å². The summed E-state index contributed by atoms with van der Waals surface area (Å²) in [6.45, 7) is 4.75. The maximum atomic E-state index is 5.19. The van der Waals surface area contributed by atoms with Crippen molar-refractivity contribution >= 4 is 16.8 Å². The normalized spacial score (nSPS) is 11.1. The van der Waals surface area contributed by atoms with Crippen molar-refractivity contribution < 1.29 is 4.74 Å². The first-order valence-electron chi connectivity index (χ1n) is 5.44. The second-order valence-corrected chi connectivity index (χ2v) is 3.70. The van der Waals surface area contributed by atoms with Gasteiger partial charge in [-0.15, -0.1) is 0 Å². The lowest BCUT2D eigenvalue weighted by molar-refractivity contribution is 0.272. The van der Waals surface area contributed by atoms with Crippen LogP contribution in [-0.2, 0) is 4.74 Å². The number of rotatable bonds is 3. The van der Waals surface area contributed by atoms with Crippen LogP contribution in [0.25, 0.3) is 16.8 Å². The fraction of sp³-hybridized carbons (Fsp3) is 0.214. The van der Waals surface area contributed by atoms with Crippen LogP contribution in [0.1, 0.15) is 18.1 Å². The van der Waals surface area contributed by atoms with E-state index in [1.54, 1.807) is 6.26 Å². The van der Waals surface area contributed by atoms with Gasteiger partial charge in [0.2, 0.25) is 0 Å². The predicted molar refractivity (Wildman–Crippen MR) is 67.1 cm³/mol. The third kappa shape index (κ3) is 2.22. The second-order valence-electron chi connectivity index (χ2n) is 3.70. The maximum absolute atomic E-state index is 5.19. The Hall–Kier alpha value is -1.83. The van der Waals surface area contributed by atoms with E-state index in [-0.39, 0.29) is 0 Å². The molecule has 1 aromatic heterocycles. The van der Waals surface area contributed by atoms with Gasteiger partial charge in [0.1, 0.15) is 0 Å². The van der Waals surface area contributed by atoms with Crippen LogP contribution in [0, 0.1) is 6.92 Å². The SMILES string of the molecule is CCOC=Cc1ccc2cncc(C)c2c1. The van der Waals surface area contributed by atoms with Crippen LogP contribution < -0.4 is 0 Å². The van der Waals surface area contributed by atoms with Crippen molar-refractivity contribution in [3.05, 3.63) is 48.0 Å². The number of ether oxygens (including phenoxy) is 1. The first-order valence-corrected chi connectivity index (χ1v) is 5.44. The molecular formula is C14H15NO. The molecule has 0 N–H and O–H groups in total.